The first-order chi connectivity index (χ1) is 10.2. The lowest BCUT2D eigenvalue weighted by molar-refractivity contribution is 0.0605. The summed E-state index contributed by atoms with van der Waals surface area (Å²) in [6.07, 6.45) is 8.49. The van der Waals surface area contributed by atoms with E-state index in [4.69, 9.17) is 0 Å². The number of nitrogens with zero attached hydrogens (tertiary/aromatic N) is 4. The van der Waals surface area contributed by atoms with E-state index in [1.54, 1.807) is 10.9 Å². The summed E-state index contributed by atoms with van der Waals surface area (Å²) in [6.45, 7) is 5.61. The van der Waals surface area contributed by atoms with Crippen LogP contribution in [-0.4, -0.2) is 37.3 Å². The number of piperidine rings is 1. The van der Waals surface area contributed by atoms with E-state index in [0.717, 1.165) is 43.6 Å². The lowest BCUT2D eigenvalue weighted by Crippen LogP contribution is -2.38. The first-order valence-electron chi connectivity index (χ1n) is 7.54. The second-order valence-corrected chi connectivity index (χ2v) is 5.56. The van der Waals surface area contributed by atoms with Crippen molar-refractivity contribution in [3.8, 4) is 0 Å². The standard InChI is InChI=1S/C15H21N5O/c1-3-19-10-12(9-17-19)15(21)20-7-5-4-6-13(20)14-11(2)8-16-18-14/h8-10,13H,3-7H2,1-2H3,(H,16,18)/t13-/m0/s1. The predicted octanol–water partition coefficient (Wildman–Crippen LogP) is 2.30. The van der Waals surface area contributed by atoms with Gasteiger partial charge in [-0.15, -0.1) is 0 Å². The maximum absolute atomic E-state index is 12.8. The van der Waals surface area contributed by atoms with Crippen LogP contribution in [0.5, 0.6) is 0 Å². The van der Waals surface area contributed by atoms with Gasteiger partial charge >= 0.3 is 0 Å². The van der Waals surface area contributed by atoms with Crippen LogP contribution in [0.4, 0.5) is 0 Å². The molecule has 6 heteroatoms. The minimum atomic E-state index is 0.0633. The summed E-state index contributed by atoms with van der Waals surface area (Å²) in [7, 11) is 0. The molecule has 6 nitrogen and oxygen atoms in total. The number of nitrogens with one attached hydrogen (secondary N) is 1. The van der Waals surface area contributed by atoms with Crippen LogP contribution < -0.4 is 0 Å². The van der Waals surface area contributed by atoms with Crippen LogP contribution in [0.1, 0.15) is 53.8 Å². The average Bonchev–Trinajstić information content (AvgIpc) is 3.15. The van der Waals surface area contributed by atoms with Crippen molar-refractivity contribution in [2.45, 2.75) is 45.7 Å². The highest BCUT2D eigenvalue weighted by Gasteiger charge is 2.31. The van der Waals surface area contributed by atoms with Crippen molar-refractivity contribution in [1.29, 1.82) is 0 Å². The number of likely N-dealkylation sites (tertiary alicyclic amines) is 1. The molecule has 0 unspecified atom stereocenters. The Labute approximate surface area is 124 Å². The van der Waals surface area contributed by atoms with Gasteiger partial charge in [-0.2, -0.15) is 10.2 Å². The Morgan fingerprint density at radius 1 is 1.43 bits per heavy atom. The van der Waals surface area contributed by atoms with Crippen molar-refractivity contribution in [2.24, 2.45) is 0 Å². The van der Waals surface area contributed by atoms with Crippen LogP contribution in [0, 0.1) is 6.92 Å². The molecule has 1 aliphatic rings. The molecule has 0 spiro atoms. The molecule has 3 rings (SSSR count). The van der Waals surface area contributed by atoms with Crippen molar-refractivity contribution in [3.05, 3.63) is 35.4 Å². The Hall–Kier alpha value is -2.11. The number of amides is 1. The monoisotopic (exact) mass is 287 g/mol. The fraction of sp³-hybridized carbons (Fsp3) is 0.533. The Morgan fingerprint density at radius 3 is 2.95 bits per heavy atom. The average molecular weight is 287 g/mol. The smallest absolute Gasteiger partial charge is 0.257 e. The molecule has 1 fully saturated rings. The number of aromatic amines is 1. The largest absolute Gasteiger partial charge is 0.330 e. The van der Waals surface area contributed by atoms with Gasteiger partial charge in [-0.1, -0.05) is 0 Å². The van der Waals surface area contributed by atoms with Gasteiger partial charge in [0.05, 0.1) is 29.7 Å². The van der Waals surface area contributed by atoms with E-state index < -0.39 is 0 Å². The van der Waals surface area contributed by atoms with E-state index in [0.29, 0.717) is 5.56 Å². The van der Waals surface area contributed by atoms with Gasteiger partial charge in [0.2, 0.25) is 0 Å². The Bertz CT molecular complexity index is 630. The minimum Gasteiger partial charge on any atom is -0.330 e. The second-order valence-electron chi connectivity index (χ2n) is 5.56. The van der Waals surface area contributed by atoms with Crippen LogP contribution in [-0.2, 0) is 6.54 Å². The van der Waals surface area contributed by atoms with Crippen molar-refractivity contribution < 1.29 is 4.79 Å². The fourth-order valence-corrected chi connectivity index (χ4v) is 2.98. The molecular formula is C15H21N5O. The number of rotatable bonds is 3. The molecule has 2 aromatic heterocycles. The summed E-state index contributed by atoms with van der Waals surface area (Å²) in [6, 6.07) is 0.0960. The number of H-pyrrole nitrogens is 1. The van der Waals surface area contributed by atoms with Gasteiger partial charge < -0.3 is 4.90 Å². The van der Waals surface area contributed by atoms with Crippen molar-refractivity contribution in [3.63, 3.8) is 0 Å². The highest BCUT2D eigenvalue weighted by Crippen LogP contribution is 2.32. The maximum Gasteiger partial charge on any atom is 0.257 e. The zero-order valence-corrected chi connectivity index (χ0v) is 12.5. The van der Waals surface area contributed by atoms with Gasteiger partial charge in [0.1, 0.15) is 0 Å². The van der Waals surface area contributed by atoms with Crippen LogP contribution in [0.15, 0.2) is 18.6 Å². The highest BCUT2D eigenvalue weighted by atomic mass is 16.2. The molecule has 21 heavy (non-hydrogen) atoms. The first kappa shape index (κ1) is 13.9. The molecule has 112 valence electrons. The normalized spacial score (nSPS) is 19.0. The van der Waals surface area contributed by atoms with Gasteiger partial charge in [0.25, 0.3) is 5.91 Å². The first-order valence-corrected chi connectivity index (χ1v) is 7.54. The van der Waals surface area contributed by atoms with Crippen molar-refractivity contribution in [2.75, 3.05) is 6.54 Å². The van der Waals surface area contributed by atoms with E-state index in [1.807, 2.05) is 31.1 Å². The van der Waals surface area contributed by atoms with E-state index in [-0.39, 0.29) is 11.9 Å². The number of aromatic nitrogens is 4. The van der Waals surface area contributed by atoms with E-state index in [1.165, 1.54) is 0 Å². The van der Waals surface area contributed by atoms with Crippen LogP contribution in [0.3, 0.4) is 0 Å². The van der Waals surface area contributed by atoms with Gasteiger partial charge in [-0.3, -0.25) is 14.6 Å². The number of hydrogen-bond donors (Lipinski definition) is 1. The molecule has 1 atom stereocenters. The third-order valence-corrected chi connectivity index (χ3v) is 4.17. The molecule has 0 aromatic carbocycles. The Morgan fingerprint density at radius 2 is 2.29 bits per heavy atom. The number of aryl methyl sites for hydroxylation is 2. The molecule has 1 amide bonds. The molecule has 1 aliphatic heterocycles. The molecule has 1 saturated heterocycles. The van der Waals surface area contributed by atoms with Crippen LogP contribution in [0.25, 0.3) is 0 Å². The quantitative estimate of drug-likeness (QED) is 0.942. The molecule has 0 bridgehead atoms. The number of hydrogen-bond acceptors (Lipinski definition) is 3. The molecular weight excluding hydrogens is 266 g/mol. The van der Waals surface area contributed by atoms with Gasteiger partial charge in [-0.25, -0.2) is 0 Å². The van der Waals surface area contributed by atoms with Crippen LogP contribution in [0.2, 0.25) is 0 Å². The Balaban J connectivity index is 1.87. The minimum absolute atomic E-state index is 0.0633. The van der Waals surface area contributed by atoms with Crippen LogP contribution >= 0.6 is 0 Å². The van der Waals surface area contributed by atoms with E-state index in [9.17, 15) is 4.79 Å². The van der Waals surface area contributed by atoms with Crippen molar-refractivity contribution >= 4 is 5.91 Å². The van der Waals surface area contributed by atoms with Gasteiger partial charge in [0.15, 0.2) is 0 Å². The zero-order valence-electron chi connectivity index (χ0n) is 12.5. The molecule has 1 N–H and O–H groups in total. The van der Waals surface area contributed by atoms with Crippen molar-refractivity contribution in [1.82, 2.24) is 24.9 Å². The van der Waals surface area contributed by atoms with Gasteiger partial charge in [0, 0.05) is 19.3 Å². The Kier molecular flexibility index (Phi) is 3.77. The van der Waals surface area contributed by atoms with E-state index >= 15 is 0 Å². The third-order valence-electron chi connectivity index (χ3n) is 4.17. The zero-order chi connectivity index (χ0) is 14.8. The van der Waals surface area contributed by atoms with Gasteiger partial charge in [-0.05, 0) is 38.7 Å². The van der Waals surface area contributed by atoms with E-state index in [2.05, 4.69) is 15.3 Å². The third kappa shape index (κ3) is 2.57. The predicted molar refractivity (Wildman–Crippen MR) is 78.9 cm³/mol. The maximum atomic E-state index is 12.8. The second kappa shape index (κ2) is 5.71. The molecule has 0 aliphatic carbocycles. The topological polar surface area (TPSA) is 66.8 Å². The summed E-state index contributed by atoms with van der Waals surface area (Å²) < 4.78 is 1.79. The lowest BCUT2D eigenvalue weighted by atomic mass is 9.97. The fourth-order valence-electron chi connectivity index (χ4n) is 2.98. The summed E-state index contributed by atoms with van der Waals surface area (Å²) in [5.41, 5.74) is 2.84. The summed E-state index contributed by atoms with van der Waals surface area (Å²) >= 11 is 0. The summed E-state index contributed by atoms with van der Waals surface area (Å²) in [4.78, 5) is 14.7. The SMILES string of the molecule is CCn1cc(C(=O)N2CCCC[C@H]2c2[nH]ncc2C)cn1. The summed E-state index contributed by atoms with van der Waals surface area (Å²) in [5.74, 6) is 0.0633. The lowest BCUT2D eigenvalue weighted by Gasteiger charge is -2.35. The molecule has 2 aromatic rings. The molecule has 0 radical (unpaired) electrons. The number of carbonyl (C=O) groups is 1. The summed E-state index contributed by atoms with van der Waals surface area (Å²) in [5, 5.41) is 11.4. The number of carbonyl (C=O) groups excluding carboxylic acids is 1. The molecule has 0 saturated carbocycles. The highest BCUT2D eigenvalue weighted by molar-refractivity contribution is 5.94. The molecule has 3 heterocycles.